The largest absolute Gasteiger partial charge is 0.388 e. The van der Waals surface area contributed by atoms with E-state index in [1.54, 1.807) is 16.9 Å². The normalized spacial score (nSPS) is 12.7. The first-order chi connectivity index (χ1) is 8.58. The lowest BCUT2D eigenvalue weighted by Crippen LogP contribution is -2.04. The first-order valence-corrected chi connectivity index (χ1v) is 6.05. The van der Waals surface area contributed by atoms with Crippen molar-refractivity contribution >= 4 is 11.6 Å². The summed E-state index contributed by atoms with van der Waals surface area (Å²) in [5.74, 6) is -0.506. The van der Waals surface area contributed by atoms with Gasteiger partial charge in [0.25, 0.3) is 0 Å². The summed E-state index contributed by atoms with van der Waals surface area (Å²) in [6.07, 6.45) is 2.21. The molecule has 0 spiro atoms. The summed E-state index contributed by atoms with van der Waals surface area (Å²) >= 11 is 5.60. The Bertz CT molecular complexity index is 542. The van der Waals surface area contributed by atoms with E-state index >= 15 is 0 Å². The van der Waals surface area contributed by atoms with Gasteiger partial charge in [0.1, 0.15) is 5.82 Å². The summed E-state index contributed by atoms with van der Waals surface area (Å²) in [6.45, 7) is 0. The minimum absolute atomic E-state index is 0.0672. The van der Waals surface area contributed by atoms with Crippen LogP contribution < -0.4 is 0 Å². The third-order valence-corrected chi connectivity index (χ3v) is 3.23. The average molecular weight is 269 g/mol. The number of halogens is 2. The topological polar surface area (TPSA) is 38.0 Å². The van der Waals surface area contributed by atoms with E-state index in [4.69, 9.17) is 11.6 Å². The smallest absolute Gasteiger partial charge is 0.142 e. The van der Waals surface area contributed by atoms with Gasteiger partial charge in [0, 0.05) is 18.9 Å². The first kappa shape index (κ1) is 13.1. The molecule has 0 saturated carbocycles. The van der Waals surface area contributed by atoms with Gasteiger partial charge >= 0.3 is 0 Å². The maximum Gasteiger partial charge on any atom is 0.142 e. The molecule has 96 valence electrons. The lowest BCUT2D eigenvalue weighted by atomic mass is 10.0. The fourth-order valence-electron chi connectivity index (χ4n) is 1.82. The second-order valence-corrected chi connectivity index (χ2v) is 4.58. The molecule has 2 rings (SSSR count). The molecule has 0 bridgehead atoms. The molecule has 0 aliphatic heterocycles. The van der Waals surface area contributed by atoms with Crippen molar-refractivity contribution in [2.75, 3.05) is 0 Å². The Morgan fingerprint density at radius 1 is 1.44 bits per heavy atom. The van der Waals surface area contributed by atoms with Crippen LogP contribution in [-0.2, 0) is 13.5 Å². The predicted molar refractivity (Wildman–Crippen MR) is 67.9 cm³/mol. The van der Waals surface area contributed by atoms with Crippen molar-refractivity contribution in [3.8, 4) is 0 Å². The maximum absolute atomic E-state index is 13.3. The van der Waals surface area contributed by atoms with Crippen LogP contribution in [0.5, 0.6) is 0 Å². The molecule has 0 aliphatic carbocycles. The Morgan fingerprint density at radius 2 is 2.22 bits per heavy atom. The van der Waals surface area contributed by atoms with Crippen molar-refractivity contribution in [3.63, 3.8) is 0 Å². The van der Waals surface area contributed by atoms with Crippen LogP contribution in [0.2, 0.25) is 5.02 Å². The molecule has 0 amide bonds. The quantitative estimate of drug-likeness (QED) is 0.926. The van der Waals surface area contributed by atoms with E-state index in [0.717, 1.165) is 5.69 Å². The van der Waals surface area contributed by atoms with Crippen LogP contribution in [-0.4, -0.2) is 14.9 Å². The Kier molecular flexibility index (Phi) is 3.99. The highest BCUT2D eigenvalue weighted by molar-refractivity contribution is 6.30. The molecule has 1 heterocycles. The molecule has 5 heteroatoms. The van der Waals surface area contributed by atoms with Gasteiger partial charge in [-0.3, -0.25) is 4.68 Å². The van der Waals surface area contributed by atoms with Crippen LogP contribution in [0.4, 0.5) is 4.39 Å². The lowest BCUT2D eigenvalue weighted by Gasteiger charge is -2.11. The summed E-state index contributed by atoms with van der Waals surface area (Å²) in [7, 11) is 1.85. The maximum atomic E-state index is 13.3. The van der Waals surface area contributed by atoms with Gasteiger partial charge in [0.05, 0.1) is 11.1 Å². The van der Waals surface area contributed by atoms with Crippen LogP contribution in [0, 0.1) is 5.82 Å². The van der Waals surface area contributed by atoms with Crippen molar-refractivity contribution in [3.05, 3.63) is 52.6 Å². The fraction of sp³-hybridized carbons (Fsp3) is 0.308. The minimum Gasteiger partial charge on any atom is -0.388 e. The van der Waals surface area contributed by atoms with Crippen molar-refractivity contribution in [2.45, 2.75) is 18.9 Å². The third-order valence-electron chi connectivity index (χ3n) is 2.92. The van der Waals surface area contributed by atoms with Gasteiger partial charge in [-0.05, 0) is 36.6 Å². The SMILES string of the molecule is Cn1nccc1CCC(O)c1ccc(Cl)c(F)c1. The Hall–Kier alpha value is -1.39. The molecule has 1 atom stereocenters. The number of hydrogen-bond donors (Lipinski definition) is 1. The van der Waals surface area contributed by atoms with Gasteiger partial charge in [-0.1, -0.05) is 17.7 Å². The fourth-order valence-corrected chi connectivity index (χ4v) is 1.94. The Labute approximate surface area is 110 Å². The van der Waals surface area contributed by atoms with E-state index in [2.05, 4.69) is 5.10 Å². The van der Waals surface area contributed by atoms with Crippen LogP contribution in [0.25, 0.3) is 0 Å². The van der Waals surface area contributed by atoms with Crippen molar-refractivity contribution in [1.29, 1.82) is 0 Å². The molecule has 1 unspecified atom stereocenters. The monoisotopic (exact) mass is 268 g/mol. The minimum atomic E-state index is -0.702. The van der Waals surface area contributed by atoms with Crippen LogP contribution >= 0.6 is 11.6 Å². The van der Waals surface area contributed by atoms with Crippen molar-refractivity contribution < 1.29 is 9.50 Å². The zero-order valence-corrected chi connectivity index (χ0v) is 10.7. The number of benzene rings is 1. The Balaban J connectivity index is 2.01. The summed E-state index contributed by atoms with van der Waals surface area (Å²) in [6, 6.07) is 6.27. The molecule has 1 aromatic carbocycles. The van der Waals surface area contributed by atoms with Crippen molar-refractivity contribution in [2.24, 2.45) is 7.05 Å². The Morgan fingerprint density at radius 3 is 2.83 bits per heavy atom. The van der Waals surface area contributed by atoms with Gasteiger partial charge in [-0.15, -0.1) is 0 Å². The number of rotatable bonds is 4. The number of aryl methyl sites for hydroxylation is 2. The molecule has 0 aliphatic rings. The number of aliphatic hydroxyl groups excluding tert-OH is 1. The van der Waals surface area contributed by atoms with Crippen LogP contribution in [0.1, 0.15) is 23.8 Å². The van der Waals surface area contributed by atoms with E-state index in [9.17, 15) is 9.50 Å². The van der Waals surface area contributed by atoms with Gasteiger partial charge in [0.15, 0.2) is 0 Å². The summed E-state index contributed by atoms with van der Waals surface area (Å²) in [5, 5.41) is 14.1. The predicted octanol–water partition coefficient (Wildman–Crippen LogP) is 2.88. The second-order valence-electron chi connectivity index (χ2n) is 4.17. The second kappa shape index (κ2) is 5.50. The first-order valence-electron chi connectivity index (χ1n) is 5.68. The number of aliphatic hydroxyl groups is 1. The molecule has 0 radical (unpaired) electrons. The molecule has 2 aromatic rings. The zero-order valence-electron chi connectivity index (χ0n) is 9.98. The molecule has 3 nitrogen and oxygen atoms in total. The molecule has 0 fully saturated rings. The van der Waals surface area contributed by atoms with E-state index in [0.29, 0.717) is 18.4 Å². The average Bonchev–Trinajstić information content (AvgIpc) is 2.75. The van der Waals surface area contributed by atoms with Crippen LogP contribution in [0.15, 0.2) is 30.5 Å². The van der Waals surface area contributed by atoms with Gasteiger partial charge in [0.2, 0.25) is 0 Å². The highest BCUT2D eigenvalue weighted by atomic mass is 35.5. The molecular weight excluding hydrogens is 255 g/mol. The van der Waals surface area contributed by atoms with E-state index in [1.807, 2.05) is 13.1 Å². The number of nitrogens with zero attached hydrogens (tertiary/aromatic N) is 2. The third kappa shape index (κ3) is 2.89. The molecule has 18 heavy (non-hydrogen) atoms. The van der Waals surface area contributed by atoms with Gasteiger partial charge in [-0.2, -0.15) is 5.10 Å². The van der Waals surface area contributed by atoms with Gasteiger partial charge in [-0.25, -0.2) is 4.39 Å². The standard InChI is InChI=1S/C13H14ClFN2O/c1-17-10(6-7-16-17)3-5-13(18)9-2-4-11(14)12(15)8-9/h2,4,6-8,13,18H,3,5H2,1H3. The van der Waals surface area contributed by atoms with E-state index in [-0.39, 0.29) is 5.02 Å². The van der Waals surface area contributed by atoms with E-state index in [1.165, 1.54) is 12.1 Å². The summed E-state index contributed by atoms with van der Waals surface area (Å²) in [4.78, 5) is 0. The van der Waals surface area contributed by atoms with Crippen LogP contribution in [0.3, 0.4) is 0 Å². The molecule has 1 N–H and O–H groups in total. The number of hydrogen-bond acceptors (Lipinski definition) is 2. The molecule has 1 aromatic heterocycles. The van der Waals surface area contributed by atoms with Crippen molar-refractivity contribution in [1.82, 2.24) is 9.78 Å². The zero-order chi connectivity index (χ0) is 13.1. The number of aromatic nitrogens is 2. The highest BCUT2D eigenvalue weighted by Crippen LogP contribution is 2.23. The summed E-state index contributed by atoms with van der Waals surface area (Å²) in [5.41, 5.74) is 1.57. The van der Waals surface area contributed by atoms with E-state index < -0.39 is 11.9 Å². The molecular formula is C13H14ClFN2O. The van der Waals surface area contributed by atoms with Gasteiger partial charge < -0.3 is 5.11 Å². The lowest BCUT2D eigenvalue weighted by molar-refractivity contribution is 0.166. The summed E-state index contributed by atoms with van der Waals surface area (Å²) < 4.78 is 15.0. The highest BCUT2D eigenvalue weighted by Gasteiger charge is 2.11. The molecule has 0 saturated heterocycles.